The summed E-state index contributed by atoms with van der Waals surface area (Å²) in [6.07, 6.45) is 3.69. The third-order valence-electron chi connectivity index (χ3n) is 4.15. The quantitative estimate of drug-likeness (QED) is 0.836. The summed E-state index contributed by atoms with van der Waals surface area (Å²) in [5.74, 6) is 5.38. The van der Waals surface area contributed by atoms with E-state index >= 15 is 0 Å². The molecule has 0 aromatic heterocycles. The van der Waals surface area contributed by atoms with Gasteiger partial charge in [0.1, 0.15) is 6.61 Å². The smallest absolute Gasteiger partial charge is 0.241 e. The van der Waals surface area contributed by atoms with E-state index in [4.69, 9.17) is 5.11 Å². The van der Waals surface area contributed by atoms with Gasteiger partial charge in [0.05, 0.1) is 4.90 Å². The van der Waals surface area contributed by atoms with Crippen LogP contribution in [-0.4, -0.2) is 25.7 Å². The van der Waals surface area contributed by atoms with Crippen LogP contribution in [0, 0.1) is 18.8 Å². The number of benzene rings is 1. The van der Waals surface area contributed by atoms with Crippen molar-refractivity contribution in [3.05, 3.63) is 29.3 Å². The zero-order valence-electron chi connectivity index (χ0n) is 12.4. The molecule has 0 aliphatic heterocycles. The fourth-order valence-electron chi connectivity index (χ4n) is 2.55. The van der Waals surface area contributed by atoms with E-state index in [1.165, 1.54) is 0 Å². The summed E-state index contributed by atoms with van der Waals surface area (Å²) in [5.41, 5.74) is 1.26. The number of aliphatic hydroxyl groups is 1. The van der Waals surface area contributed by atoms with Crippen LogP contribution in [0.3, 0.4) is 0 Å². The number of nitrogens with one attached hydrogen (secondary N) is 1. The Labute approximate surface area is 126 Å². The lowest BCUT2D eigenvalue weighted by molar-refractivity contribution is 0.214. The van der Waals surface area contributed by atoms with E-state index in [9.17, 15) is 8.42 Å². The first-order valence-corrected chi connectivity index (χ1v) is 8.65. The van der Waals surface area contributed by atoms with Crippen LogP contribution >= 0.6 is 0 Å². The molecule has 2 rings (SSSR count). The minimum Gasteiger partial charge on any atom is -0.384 e. The molecule has 1 saturated carbocycles. The average molecular weight is 307 g/mol. The lowest BCUT2D eigenvalue weighted by Crippen LogP contribution is -2.52. The molecule has 0 unspecified atom stereocenters. The van der Waals surface area contributed by atoms with E-state index < -0.39 is 10.0 Å². The molecule has 1 fully saturated rings. The molecule has 0 spiro atoms. The monoisotopic (exact) mass is 307 g/mol. The number of rotatable bonds is 4. The minimum absolute atomic E-state index is 0.208. The van der Waals surface area contributed by atoms with Crippen molar-refractivity contribution in [2.24, 2.45) is 0 Å². The summed E-state index contributed by atoms with van der Waals surface area (Å²) in [7, 11) is -3.50. The summed E-state index contributed by atoms with van der Waals surface area (Å²) in [5, 5.41) is 8.71. The largest absolute Gasteiger partial charge is 0.384 e. The maximum Gasteiger partial charge on any atom is 0.241 e. The first-order valence-electron chi connectivity index (χ1n) is 7.17. The van der Waals surface area contributed by atoms with E-state index in [2.05, 4.69) is 16.6 Å². The van der Waals surface area contributed by atoms with Crippen LogP contribution < -0.4 is 4.72 Å². The van der Waals surface area contributed by atoms with Crippen molar-refractivity contribution in [1.29, 1.82) is 0 Å². The molecule has 0 heterocycles. The minimum atomic E-state index is -3.50. The molecule has 4 nitrogen and oxygen atoms in total. The van der Waals surface area contributed by atoms with E-state index in [1.54, 1.807) is 18.2 Å². The van der Waals surface area contributed by atoms with Crippen molar-refractivity contribution in [3.63, 3.8) is 0 Å². The molecule has 1 aliphatic carbocycles. The highest BCUT2D eigenvalue weighted by molar-refractivity contribution is 7.89. The van der Waals surface area contributed by atoms with Crippen molar-refractivity contribution in [3.8, 4) is 11.8 Å². The summed E-state index contributed by atoms with van der Waals surface area (Å²) >= 11 is 0. The SMILES string of the molecule is CCC1(NS(=O)(=O)c2ccc(C#CCO)c(C)c2)CCC1. The van der Waals surface area contributed by atoms with Gasteiger partial charge in [-0.15, -0.1) is 0 Å². The second-order valence-corrected chi connectivity index (χ2v) is 7.21. The molecular formula is C16H21NO3S. The lowest BCUT2D eigenvalue weighted by Gasteiger charge is -2.41. The molecule has 2 N–H and O–H groups in total. The van der Waals surface area contributed by atoms with Gasteiger partial charge < -0.3 is 5.11 Å². The lowest BCUT2D eigenvalue weighted by atomic mass is 9.76. The van der Waals surface area contributed by atoms with Crippen molar-refractivity contribution in [2.45, 2.75) is 50.0 Å². The van der Waals surface area contributed by atoms with Crippen LogP contribution in [0.15, 0.2) is 23.1 Å². The molecule has 1 aromatic carbocycles. The summed E-state index contributed by atoms with van der Waals surface area (Å²) in [6.45, 7) is 3.62. The first kappa shape index (κ1) is 16.0. The van der Waals surface area contributed by atoms with Gasteiger partial charge in [0.15, 0.2) is 0 Å². The second-order valence-electron chi connectivity index (χ2n) is 5.53. The number of aryl methyl sites for hydroxylation is 1. The Morgan fingerprint density at radius 3 is 2.57 bits per heavy atom. The van der Waals surface area contributed by atoms with Crippen LogP contribution in [0.4, 0.5) is 0 Å². The molecule has 0 bridgehead atoms. The summed E-state index contributed by atoms with van der Waals surface area (Å²) in [6, 6.07) is 4.89. The van der Waals surface area contributed by atoms with Crippen LogP contribution in [0.1, 0.15) is 43.7 Å². The zero-order chi connectivity index (χ0) is 15.5. The van der Waals surface area contributed by atoms with Gasteiger partial charge in [-0.3, -0.25) is 0 Å². The van der Waals surface area contributed by atoms with E-state index in [-0.39, 0.29) is 17.0 Å². The van der Waals surface area contributed by atoms with Crippen molar-refractivity contribution in [2.75, 3.05) is 6.61 Å². The van der Waals surface area contributed by atoms with Crippen LogP contribution in [0.25, 0.3) is 0 Å². The highest BCUT2D eigenvalue weighted by atomic mass is 32.2. The van der Waals surface area contributed by atoms with Gasteiger partial charge in [-0.25, -0.2) is 13.1 Å². The van der Waals surface area contributed by atoms with Crippen LogP contribution in [0.5, 0.6) is 0 Å². The first-order chi connectivity index (χ1) is 9.92. The van der Waals surface area contributed by atoms with Crippen molar-refractivity contribution in [1.82, 2.24) is 4.72 Å². The molecule has 0 atom stereocenters. The molecule has 0 saturated heterocycles. The third kappa shape index (κ3) is 3.46. The Morgan fingerprint density at radius 1 is 1.38 bits per heavy atom. The average Bonchev–Trinajstić information content (AvgIpc) is 2.41. The van der Waals surface area contributed by atoms with Gasteiger partial charge in [0.2, 0.25) is 10.0 Å². The Hall–Kier alpha value is -1.35. The van der Waals surface area contributed by atoms with Gasteiger partial charge in [0, 0.05) is 11.1 Å². The molecule has 21 heavy (non-hydrogen) atoms. The number of sulfonamides is 1. The predicted octanol–water partition coefficient (Wildman–Crippen LogP) is 1.95. The maximum atomic E-state index is 12.5. The Morgan fingerprint density at radius 2 is 2.10 bits per heavy atom. The maximum absolute atomic E-state index is 12.5. The van der Waals surface area contributed by atoms with Crippen molar-refractivity contribution < 1.29 is 13.5 Å². The standard InChI is InChI=1S/C16H21NO3S/c1-3-16(9-5-10-16)17-21(19,20)15-8-7-14(6-4-11-18)13(2)12-15/h7-8,12,17-18H,3,5,9-11H2,1-2H3. The molecular weight excluding hydrogens is 286 g/mol. The van der Waals surface area contributed by atoms with E-state index in [0.29, 0.717) is 0 Å². The van der Waals surface area contributed by atoms with Crippen LogP contribution in [0.2, 0.25) is 0 Å². The van der Waals surface area contributed by atoms with Crippen LogP contribution in [-0.2, 0) is 10.0 Å². The molecule has 0 radical (unpaired) electrons. The number of hydrogen-bond acceptors (Lipinski definition) is 3. The van der Waals surface area contributed by atoms with Crippen molar-refractivity contribution >= 4 is 10.0 Å². The van der Waals surface area contributed by atoms with Gasteiger partial charge in [-0.1, -0.05) is 18.8 Å². The topological polar surface area (TPSA) is 66.4 Å². The third-order valence-corrected chi connectivity index (χ3v) is 5.72. The fraction of sp³-hybridized carbons (Fsp3) is 0.500. The van der Waals surface area contributed by atoms with E-state index in [0.717, 1.165) is 36.8 Å². The number of aliphatic hydroxyl groups excluding tert-OH is 1. The Bertz CT molecular complexity index is 674. The van der Waals surface area contributed by atoms with Gasteiger partial charge in [-0.05, 0) is 56.4 Å². The van der Waals surface area contributed by atoms with Gasteiger partial charge in [-0.2, -0.15) is 0 Å². The van der Waals surface area contributed by atoms with E-state index in [1.807, 2.05) is 13.8 Å². The second kappa shape index (κ2) is 6.18. The Balaban J connectivity index is 2.26. The highest BCUT2D eigenvalue weighted by Crippen LogP contribution is 2.36. The molecule has 1 aromatic rings. The van der Waals surface area contributed by atoms with Gasteiger partial charge in [0.25, 0.3) is 0 Å². The normalized spacial score (nSPS) is 16.7. The predicted molar refractivity (Wildman–Crippen MR) is 82.3 cm³/mol. The molecule has 114 valence electrons. The molecule has 1 aliphatic rings. The molecule has 0 amide bonds. The number of hydrogen-bond donors (Lipinski definition) is 2. The summed E-state index contributed by atoms with van der Waals surface area (Å²) in [4.78, 5) is 0.272. The highest BCUT2D eigenvalue weighted by Gasteiger charge is 2.39. The zero-order valence-corrected chi connectivity index (χ0v) is 13.3. The summed E-state index contributed by atoms with van der Waals surface area (Å²) < 4.78 is 27.8. The van der Waals surface area contributed by atoms with Gasteiger partial charge >= 0.3 is 0 Å². The molecule has 5 heteroatoms. The Kier molecular flexibility index (Phi) is 4.72. The fourth-order valence-corrected chi connectivity index (χ4v) is 4.17.